The first-order valence-corrected chi connectivity index (χ1v) is 5.73. The number of anilines is 2. The average Bonchev–Trinajstić information content (AvgIpc) is 2.87. The van der Waals surface area contributed by atoms with Gasteiger partial charge in [-0.05, 0) is 30.3 Å². The van der Waals surface area contributed by atoms with E-state index in [2.05, 4.69) is 25.8 Å². The molecule has 0 aliphatic rings. The Morgan fingerprint density at radius 1 is 1.16 bits per heavy atom. The van der Waals surface area contributed by atoms with Crippen LogP contribution in [0.4, 0.5) is 16.3 Å². The number of fused-ring (bicyclic) bond motifs is 1. The van der Waals surface area contributed by atoms with Gasteiger partial charge in [0.25, 0.3) is 0 Å². The van der Waals surface area contributed by atoms with Crippen LogP contribution in [0.15, 0.2) is 48.8 Å². The molecule has 2 amide bonds. The molecule has 2 heterocycles. The number of urea groups is 1. The average molecular weight is 253 g/mol. The highest BCUT2D eigenvalue weighted by Crippen LogP contribution is 2.16. The summed E-state index contributed by atoms with van der Waals surface area (Å²) in [7, 11) is 0. The maximum Gasteiger partial charge on any atom is 0.324 e. The second-order valence-corrected chi connectivity index (χ2v) is 3.97. The van der Waals surface area contributed by atoms with Crippen molar-refractivity contribution in [2.75, 3.05) is 10.6 Å². The highest BCUT2D eigenvalue weighted by Gasteiger charge is 2.04. The number of nitrogens with zero attached hydrogens (tertiary/aromatic N) is 2. The van der Waals surface area contributed by atoms with Gasteiger partial charge in [-0.1, -0.05) is 6.07 Å². The molecule has 19 heavy (non-hydrogen) atoms. The van der Waals surface area contributed by atoms with Crippen LogP contribution in [0.25, 0.3) is 10.9 Å². The van der Waals surface area contributed by atoms with Crippen LogP contribution in [-0.2, 0) is 0 Å². The first-order chi connectivity index (χ1) is 9.31. The van der Waals surface area contributed by atoms with Gasteiger partial charge in [0.05, 0.1) is 11.7 Å². The van der Waals surface area contributed by atoms with Crippen molar-refractivity contribution < 1.29 is 4.79 Å². The van der Waals surface area contributed by atoms with E-state index in [1.807, 2.05) is 18.2 Å². The molecule has 1 aromatic carbocycles. The van der Waals surface area contributed by atoms with Gasteiger partial charge in [-0.15, -0.1) is 0 Å². The number of carbonyl (C=O) groups is 1. The Morgan fingerprint density at radius 3 is 2.95 bits per heavy atom. The lowest BCUT2D eigenvalue weighted by Gasteiger charge is -2.06. The van der Waals surface area contributed by atoms with Crippen molar-refractivity contribution in [3.8, 4) is 0 Å². The normalized spacial score (nSPS) is 10.3. The van der Waals surface area contributed by atoms with E-state index in [1.54, 1.807) is 30.6 Å². The molecule has 3 rings (SSSR count). The Labute approximate surface area is 108 Å². The Balaban J connectivity index is 1.72. The first-order valence-electron chi connectivity index (χ1n) is 5.73. The summed E-state index contributed by atoms with van der Waals surface area (Å²) < 4.78 is 0. The van der Waals surface area contributed by atoms with Gasteiger partial charge in [-0.3, -0.25) is 10.4 Å². The fourth-order valence-electron chi connectivity index (χ4n) is 1.73. The zero-order valence-electron chi connectivity index (χ0n) is 9.92. The molecule has 0 saturated heterocycles. The van der Waals surface area contributed by atoms with Gasteiger partial charge in [-0.2, -0.15) is 5.10 Å². The molecule has 3 N–H and O–H groups in total. The summed E-state index contributed by atoms with van der Waals surface area (Å²) in [5.74, 6) is 0.502. The molecule has 0 bridgehead atoms. The van der Waals surface area contributed by atoms with Gasteiger partial charge < -0.3 is 5.32 Å². The number of H-pyrrole nitrogens is 1. The van der Waals surface area contributed by atoms with Crippen LogP contribution >= 0.6 is 0 Å². The molecule has 0 radical (unpaired) electrons. The molecule has 0 spiro atoms. The maximum atomic E-state index is 11.8. The molecule has 6 heteroatoms. The number of pyridine rings is 1. The molecular formula is C13H11N5O. The molecule has 2 aromatic heterocycles. The third kappa shape index (κ3) is 2.52. The summed E-state index contributed by atoms with van der Waals surface area (Å²) in [6, 6.07) is 10.5. The SMILES string of the molecule is O=C(Nc1ccc2cn[nH]c2c1)Nc1ccccn1. The Hall–Kier alpha value is -2.89. The van der Waals surface area contributed by atoms with Gasteiger partial charge in [0.2, 0.25) is 0 Å². The molecule has 0 unspecified atom stereocenters. The van der Waals surface area contributed by atoms with Crippen LogP contribution in [0.2, 0.25) is 0 Å². The van der Waals surface area contributed by atoms with Crippen LogP contribution in [0, 0.1) is 0 Å². The molecule has 0 aliphatic heterocycles. The maximum absolute atomic E-state index is 11.8. The zero-order valence-corrected chi connectivity index (χ0v) is 9.92. The van der Waals surface area contributed by atoms with Crippen LogP contribution in [0.1, 0.15) is 0 Å². The summed E-state index contributed by atoms with van der Waals surface area (Å²) >= 11 is 0. The van der Waals surface area contributed by atoms with Crippen molar-refractivity contribution in [1.82, 2.24) is 15.2 Å². The van der Waals surface area contributed by atoms with E-state index < -0.39 is 0 Å². The van der Waals surface area contributed by atoms with Crippen molar-refractivity contribution >= 4 is 28.4 Å². The van der Waals surface area contributed by atoms with Crippen molar-refractivity contribution in [3.63, 3.8) is 0 Å². The summed E-state index contributed by atoms with van der Waals surface area (Å²) in [6.45, 7) is 0. The predicted octanol–water partition coefficient (Wildman–Crippen LogP) is 2.60. The second-order valence-electron chi connectivity index (χ2n) is 3.97. The van der Waals surface area contributed by atoms with Crippen molar-refractivity contribution in [2.45, 2.75) is 0 Å². The van der Waals surface area contributed by atoms with Gasteiger partial charge in [-0.25, -0.2) is 9.78 Å². The summed E-state index contributed by atoms with van der Waals surface area (Å²) in [4.78, 5) is 15.8. The Bertz CT molecular complexity index is 707. The molecule has 0 saturated carbocycles. The van der Waals surface area contributed by atoms with E-state index in [-0.39, 0.29) is 6.03 Å². The van der Waals surface area contributed by atoms with Crippen LogP contribution in [-0.4, -0.2) is 21.2 Å². The first kappa shape index (κ1) is 11.2. The fourth-order valence-corrected chi connectivity index (χ4v) is 1.73. The minimum Gasteiger partial charge on any atom is -0.308 e. The lowest BCUT2D eigenvalue weighted by molar-refractivity contribution is 0.262. The summed E-state index contributed by atoms with van der Waals surface area (Å²) in [5, 5.41) is 13.2. The number of hydrogen-bond donors (Lipinski definition) is 3. The van der Waals surface area contributed by atoms with Gasteiger partial charge in [0.15, 0.2) is 0 Å². The van der Waals surface area contributed by atoms with Crippen molar-refractivity contribution in [1.29, 1.82) is 0 Å². The molecule has 0 atom stereocenters. The minimum absolute atomic E-state index is 0.336. The lowest BCUT2D eigenvalue weighted by Crippen LogP contribution is -2.19. The highest BCUT2D eigenvalue weighted by atomic mass is 16.2. The monoisotopic (exact) mass is 253 g/mol. The van der Waals surface area contributed by atoms with Gasteiger partial charge >= 0.3 is 6.03 Å². The highest BCUT2D eigenvalue weighted by molar-refractivity contribution is 6.00. The van der Waals surface area contributed by atoms with E-state index in [9.17, 15) is 4.79 Å². The molecule has 3 aromatic rings. The van der Waals surface area contributed by atoms with E-state index in [0.717, 1.165) is 10.9 Å². The zero-order chi connectivity index (χ0) is 13.1. The van der Waals surface area contributed by atoms with Crippen LogP contribution < -0.4 is 10.6 Å². The number of carbonyl (C=O) groups excluding carboxylic acids is 1. The van der Waals surface area contributed by atoms with E-state index >= 15 is 0 Å². The van der Waals surface area contributed by atoms with Gasteiger partial charge in [0.1, 0.15) is 5.82 Å². The molecule has 94 valence electrons. The molecule has 0 aliphatic carbocycles. The minimum atomic E-state index is -0.336. The molecule has 6 nitrogen and oxygen atoms in total. The van der Waals surface area contributed by atoms with Crippen molar-refractivity contribution in [2.24, 2.45) is 0 Å². The Kier molecular flexibility index (Phi) is 2.82. The number of amides is 2. The lowest BCUT2D eigenvalue weighted by atomic mass is 10.2. The second kappa shape index (κ2) is 4.77. The number of aromatic nitrogens is 3. The number of hydrogen-bond acceptors (Lipinski definition) is 3. The van der Waals surface area contributed by atoms with Gasteiger partial charge in [0, 0.05) is 17.3 Å². The smallest absolute Gasteiger partial charge is 0.308 e. The third-order valence-corrected chi connectivity index (χ3v) is 2.61. The number of benzene rings is 1. The van der Waals surface area contributed by atoms with Crippen LogP contribution in [0.3, 0.4) is 0 Å². The summed E-state index contributed by atoms with van der Waals surface area (Å²) in [6.07, 6.45) is 3.35. The Morgan fingerprint density at radius 2 is 2.11 bits per heavy atom. The molecule has 0 fully saturated rings. The van der Waals surface area contributed by atoms with E-state index in [4.69, 9.17) is 0 Å². The number of nitrogens with one attached hydrogen (secondary N) is 3. The predicted molar refractivity (Wildman–Crippen MR) is 73.0 cm³/mol. The number of aromatic amines is 1. The molecular weight excluding hydrogens is 242 g/mol. The number of rotatable bonds is 2. The largest absolute Gasteiger partial charge is 0.324 e. The van der Waals surface area contributed by atoms with Crippen molar-refractivity contribution in [3.05, 3.63) is 48.8 Å². The quantitative estimate of drug-likeness (QED) is 0.656. The summed E-state index contributed by atoms with van der Waals surface area (Å²) in [5.41, 5.74) is 1.56. The third-order valence-electron chi connectivity index (χ3n) is 2.61. The topological polar surface area (TPSA) is 82.7 Å². The van der Waals surface area contributed by atoms with Crippen LogP contribution in [0.5, 0.6) is 0 Å². The van der Waals surface area contributed by atoms with E-state index in [0.29, 0.717) is 11.5 Å². The fraction of sp³-hybridized carbons (Fsp3) is 0. The standard InChI is InChI=1S/C13H11N5O/c19-13(17-12-3-1-2-6-14-12)16-10-5-4-9-8-15-18-11(9)7-10/h1-8H,(H,15,18)(H2,14,16,17,19). The van der Waals surface area contributed by atoms with E-state index in [1.165, 1.54) is 0 Å².